The zero-order valence-corrected chi connectivity index (χ0v) is 20.7. The molecule has 0 aliphatic heterocycles. The average Bonchev–Trinajstić information content (AvgIpc) is 2.83. The number of hydrogen-bond donors (Lipinski definition) is 1. The number of carbonyl (C=O) groups is 1. The van der Waals surface area contributed by atoms with Crippen molar-refractivity contribution in [3.05, 3.63) is 94.3 Å². The van der Waals surface area contributed by atoms with Gasteiger partial charge in [-0.25, -0.2) is 0 Å². The highest BCUT2D eigenvalue weighted by Gasteiger charge is 2.35. The Morgan fingerprint density at radius 2 is 1.83 bits per heavy atom. The Morgan fingerprint density at radius 1 is 1.14 bits per heavy atom. The van der Waals surface area contributed by atoms with Crippen molar-refractivity contribution in [2.75, 3.05) is 0 Å². The summed E-state index contributed by atoms with van der Waals surface area (Å²) in [6.07, 6.45) is -2.21. The van der Waals surface area contributed by atoms with Gasteiger partial charge in [0.15, 0.2) is 5.60 Å². The number of rotatable bonds is 8. The molecule has 0 aliphatic carbocycles. The van der Waals surface area contributed by atoms with Gasteiger partial charge in [0, 0.05) is 23.2 Å². The summed E-state index contributed by atoms with van der Waals surface area (Å²) < 4.78 is 44.7. The minimum Gasteiger partial charge on any atom is -0.476 e. The van der Waals surface area contributed by atoms with Crippen LogP contribution in [0.15, 0.2) is 67.0 Å². The first kappa shape index (κ1) is 27.0. The molecule has 3 aromatic rings. The topological polar surface area (TPSA) is 75.0 Å². The third kappa shape index (κ3) is 6.98. The lowest BCUT2D eigenvalue weighted by molar-refractivity contribution is -0.138. The first-order valence-electron chi connectivity index (χ1n) is 11.2. The summed E-state index contributed by atoms with van der Waals surface area (Å²) in [6.45, 7) is 4.78. The number of alkyl halides is 3. The van der Waals surface area contributed by atoms with Crippen molar-refractivity contribution in [1.29, 1.82) is 5.26 Å². The summed E-state index contributed by atoms with van der Waals surface area (Å²) in [5.74, 6) is -0.892. The van der Waals surface area contributed by atoms with Gasteiger partial charge in [-0.2, -0.15) is 18.4 Å². The van der Waals surface area contributed by atoms with Crippen LogP contribution in [0.25, 0.3) is 0 Å². The first-order chi connectivity index (χ1) is 16.9. The second-order valence-electron chi connectivity index (χ2n) is 8.96. The maximum Gasteiger partial charge on any atom is 0.418 e. The Bertz CT molecular complexity index is 1250. The van der Waals surface area contributed by atoms with Crippen LogP contribution >= 0.6 is 11.6 Å². The molecule has 1 amide bonds. The molecule has 1 heterocycles. The minimum absolute atomic E-state index is 0.169. The van der Waals surface area contributed by atoms with E-state index in [1.165, 1.54) is 13.8 Å². The third-order valence-corrected chi connectivity index (χ3v) is 5.99. The molecule has 0 fully saturated rings. The van der Waals surface area contributed by atoms with Crippen LogP contribution in [0.4, 0.5) is 13.2 Å². The van der Waals surface area contributed by atoms with Gasteiger partial charge < -0.3 is 10.1 Å². The number of amides is 1. The number of nitrogens with one attached hydrogen (secondary N) is 1. The minimum atomic E-state index is -4.58. The van der Waals surface area contributed by atoms with Gasteiger partial charge in [-0.3, -0.25) is 9.78 Å². The number of hydrogen-bond acceptors (Lipinski definition) is 4. The molecule has 0 saturated heterocycles. The molecule has 0 unspecified atom stereocenters. The van der Waals surface area contributed by atoms with E-state index < -0.39 is 29.3 Å². The monoisotopic (exact) mass is 515 g/mol. The lowest BCUT2D eigenvalue weighted by Crippen LogP contribution is -2.51. The van der Waals surface area contributed by atoms with E-state index in [-0.39, 0.29) is 11.7 Å². The Balaban J connectivity index is 1.82. The van der Waals surface area contributed by atoms with Gasteiger partial charge >= 0.3 is 6.18 Å². The van der Waals surface area contributed by atoms with Crippen LogP contribution in [0, 0.1) is 11.3 Å². The fourth-order valence-corrected chi connectivity index (χ4v) is 3.87. The Morgan fingerprint density at radius 3 is 2.47 bits per heavy atom. The molecule has 9 heteroatoms. The van der Waals surface area contributed by atoms with E-state index in [9.17, 15) is 23.2 Å². The molecular formula is C27H25ClF3N3O2. The maximum absolute atomic E-state index is 13.2. The molecule has 0 spiro atoms. The van der Waals surface area contributed by atoms with Crippen molar-refractivity contribution < 1.29 is 22.7 Å². The van der Waals surface area contributed by atoms with E-state index in [0.717, 1.165) is 23.4 Å². The highest BCUT2D eigenvalue weighted by Crippen LogP contribution is 2.32. The predicted molar refractivity (Wildman–Crippen MR) is 131 cm³/mol. The highest BCUT2D eigenvalue weighted by atomic mass is 35.5. The van der Waals surface area contributed by atoms with E-state index in [4.69, 9.17) is 16.3 Å². The molecule has 0 aliphatic rings. The second-order valence-corrected chi connectivity index (χ2v) is 9.39. The number of carbonyl (C=O) groups excluding carboxylic acids is 1. The molecular weight excluding hydrogens is 491 g/mol. The van der Waals surface area contributed by atoms with E-state index in [1.807, 2.05) is 25.1 Å². The van der Waals surface area contributed by atoms with Crippen molar-refractivity contribution in [2.45, 2.75) is 50.9 Å². The number of nitriles is 1. The molecule has 2 atom stereocenters. The molecule has 0 radical (unpaired) electrons. The molecule has 1 aromatic heterocycles. The number of pyridine rings is 1. The van der Waals surface area contributed by atoms with Crippen LogP contribution in [-0.2, 0) is 17.4 Å². The zero-order valence-electron chi connectivity index (χ0n) is 19.9. The van der Waals surface area contributed by atoms with Gasteiger partial charge in [0.2, 0.25) is 0 Å². The molecule has 1 N–H and O–H groups in total. The molecule has 36 heavy (non-hydrogen) atoms. The number of aromatic nitrogens is 1. The summed E-state index contributed by atoms with van der Waals surface area (Å²) in [4.78, 5) is 16.7. The van der Waals surface area contributed by atoms with E-state index in [0.29, 0.717) is 23.2 Å². The highest BCUT2D eigenvalue weighted by molar-refractivity contribution is 6.30. The zero-order chi connectivity index (χ0) is 26.5. The summed E-state index contributed by atoms with van der Waals surface area (Å²) in [5, 5.41) is 12.9. The van der Waals surface area contributed by atoms with Crippen LogP contribution in [0.5, 0.6) is 5.75 Å². The fourth-order valence-electron chi connectivity index (χ4n) is 3.75. The SMILES string of the molecule is C[C@H](NC(=O)C(C)(C)Oc1cncc(C(F)(F)F)c1)[C@@H](Cc1ccc(Cl)cc1)c1cccc(C#N)c1. The Kier molecular flexibility index (Phi) is 8.26. The van der Waals surface area contributed by atoms with Crippen molar-refractivity contribution in [2.24, 2.45) is 0 Å². The summed E-state index contributed by atoms with van der Waals surface area (Å²) in [6, 6.07) is 17.0. The van der Waals surface area contributed by atoms with Crippen molar-refractivity contribution in [3.8, 4) is 11.8 Å². The van der Waals surface area contributed by atoms with Gasteiger partial charge in [-0.05, 0) is 68.7 Å². The average molecular weight is 516 g/mol. The van der Waals surface area contributed by atoms with Gasteiger partial charge in [0.25, 0.3) is 5.91 Å². The number of halogens is 4. The fraction of sp³-hybridized carbons (Fsp3) is 0.296. The Hall–Kier alpha value is -3.57. The smallest absolute Gasteiger partial charge is 0.418 e. The van der Waals surface area contributed by atoms with Crippen molar-refractivity contribution in [3.63, 3.8) is 0 Å². The summed E-state index contributed by atoms with van der Waals surface area (Å²) in [5.41, 5.74) is -0.117. The number of benzene rings is 2. The van der Waals surface area contributed by atoms with Gasteiger partial charge in [-0.1, -0.05) is 35.9 Å². The maximum atomic E-state index is 13.2. The van der Waals surface area contributed by atoms with Crippen LogP contribution < -0.4 is 10.1 Å². The van der Waals surface area contributed by atoms with Crippen LogP contribution in [0.3, 0.4) is 0 Å². The van der Waals surface area contributed by atoms with Crippen LogP contribution in [-0.4, -0.2) is 22.5 Å². The van der Waals surface area contributed by atoms with Crippen molar-refractivity contribution in [1.82, 2.24) is 10.3 Å². The lowest BCUT2D eigenvalue weighted by atomic mass is 9.85. The predicted octanol–water partition coefficient (Wildman–Crippen LogP) is 6.31. The standard InChI is InChI=1S/C27H25ClF3N3O2/c1-17(34-25(35)26(2,3)36-23-13-21(15-33-16-23)27(29,30)31)24(12-18-7-9-22(28)10-8-18)20-6-4-5-19(11-20)14-32/h4-11,13,15-17,24H,12H2,1-3H3,(H,34,35)/t17-,24+/m0/s1. The summed E-state index contributed by atoms with van der Waals surface area (Å²) >= 11 is 6.01. The normalized spacial score (nSPS) is 13.4. The molecule has 5 nitrogen and oxygen atoms in total. The quantitative estimate of drug-likeness (QED) is 0.381. The summed E-state index contributed by atoms with van der Waals surface area (Å²) in [7, 11) is 0. The molecule has 3 rings (SSSR count). The van der Waals surface area contributed by atoms with Gasteiger partial charge in [-0.15, -0.1) is 0 Å². The molecule has 2 aromatic carbocycles. The molecule has 0 saturated carbocycles. The van der Waals surface area contributed by atoms with Gasteiger partial charge in [0.1, 0.15) is 5.75 Å². The largest absolute Gasteiger partial charge is 0.476 e. The third-order valence-electron chi connectivity index (χ3n) is 5.74. The lowest BCUT2D eigenvalue weighted by Gasteiger charge is -2.31. The molecule has 188 valence electrons. The Labute approximate surface area is 212 Å². The van der Waals surface area contributed by atoms with E-state index in [2.05, 4.69) is 16.4 Å². The van der Waals surface area contributed by atoms with E-state index in [1.54, 1.807) is 30.3 Å². The van der Waals surface area contributed by atoms with Crippen molar-refractivity contribution >= 4 is 17.5 Å². The van der Waals surface area contributed by atoms with Gasteiger partial charge in [0.05, 0.1) is 23.4 Å². The number of ether oxygens (including phenoxy) is 1. The first-order valence-corrected chi connectivity index (χ1v) is 11.5. The second kappa shape index (κ2) is 11.0. The number of nitrogens with zero attached hydrogens (tertiary/aromatic N) is 2. The van der Waals surface area contributed by atoms with Crippen LogP contribution in [0.2, 0.25) is 5.02 Å². The van der Waals surface area contributed by atoms with Crippen LogP contribution in [0.1, 0.15) is 48.9 Å². The van der Waals surface area contributed by atoms with E-state index >= 15 is 0 Å². The molecule has 0 bridgehead atoms.